The van der Waals surface area contributed by atoms with Gasteiger partial charge in [-0.15, -0.1) is 9.24 Å². The van der Waals surface area contributed by atoms with Crippen molar-refractivity contribution < 1.29 is 0 Å². The summed E-state index contributed by atoms with van der Waals surface area (Å²) in [5.41, 5.74) is 2.88. The maximum Gasteiger partial charge on any atom is 0.0770 e. The standard InChI is InChI=1S/C37H68N2P2Si2/c1-36(2,3)41(34-27-19-25-18-26(21-27)22-28(34)20-25)24-29-30(23-31(42(4,5)6)35(29)43(7,8)9)37(40,32-14-10-12-16-38-32)33-15-11-13-17-39-33/h23,25-29,32-34,38-39H,10-22,24,40H2,1-9H3. The summed E-state index contributed by atoms with van der Waals surface area (Å²) in [5.74, 6) is 4.88. The Morgan fingerprint density at radius 3 is 1.67 bits per heavy atom. The molecule has 4 saturated carbocycles. The average Bonchev–Trinajstić information content (AvgIpc) is 3.33. The molecule has 0 amide bonds. The van der Waals surface area contributed by atoms with Crippen LogP contribution in [0.1, 0.15) is 91.4 Å². The summed E-state index contributed by atoms with van der Waals surface area (Å²) >= 11 is 0. The third kappa shape index (κ3) is 6.45. The van der Waals surface area contributed by atoms with E-state index in [1.54, 1.807) is 32.1 Å². The molecule has 0 aromatic carbocycles. The lowest BCUT2D eigenvalue weighted by Crippen LogP contribution is -2.62. The molecule has 244 valence electrons. The SMILES string of the molecule is CC(C)(C)P(CC1C(C(P)(C2CCCCN2)C2CCCCN2)=CC([Si](C)(C)C)=C1[Si](C)(C)C)C1C2CC3CC(C2)CC1C3. The molecule has 7 aliphatic rings. The largest absolute Gasteiger partial charge is 0.313 e. The molecule has 6 heteroatoms. The zero-order valence-corrected chi connectivity index (χ0v) is 33.7. The van der Waals surface area contributed by atoms with Crippen LogP contribution in [0.3, 0.4) is 0 Å². The molecule has 5 unspecified atom stereocenters. The van der Waals surface area contributed by atoms with E-state index < -0.39 is 16.1 Å². The van der Waals surface area contributed by atoms with Crippen molar-refractivity contribution in [2.45, 2.75) is 159 Å². The summed E-state index contributed by atoms with van der Waals surface area (Å²) in [5, 5.41) is 12.7. The van der Waals surface area contributed by atoms with Crippen LogP contribution in [0.5, 0.6) is 0 Å². The molecule has 4 bridgehead atoms. The number of hydrogen-bond acceptors (Lipinski definition) is 2. The molecule has 2 nitrogen and oxygen atoms in total. The van der Waals surface area contributed by atoms with E-state index in [1.807, 2.05) is 16.0 Å². The van der Waals surface area contributed by atoms with E-state index in [0.717, 1.165) is 29.3 Å². The van der Waals surface area contributed by atoms with Gasteiger partial charge in [-0.3, -0.25) is 0 Å². The number of nitrogens with one attached hydrogen (secondary N) is 2. The van der Waals surface area contributed by atoms with Gasteiger partial charge in [0, 0.05) is 23.2 Å². The second-order valence-corrected chi connectivity index (χ2v) is 33.4. The average molecular weight is 659 g/mol. The van der Waals surface area contributed by atoms with E-state index >= 15 is 0 Å². The quantitative estimate of drug-likeness (QED) is 0.201. The maximum absolute atomic E-state index is 4.16. The first-order chi connectivity index (χ1) is 20.1. The van der Waals surface area contributed by atoms with Gasteiger partial charge in [0.2, 0.25) is 0 Å². The topological polar surface area (TPSA) is 24.1 Å². The summed E-state index contributed by atoms with van der Waals surface area (Å²) < 4.78 is 0. The van der Waals surface area contributed by atoms with E-state index in [1.165, 1.54) is 57.8 Å². The lowest BCUT2D eigenvalue weighted by Gasteiger charge is -2.59. The predicted molar refractivity (Wildman–Crippen MR) is 201 cm³/mol. The molecule has 5 aliphatic carbocycles. The zero-order valence-electron chi connectivity index (χ0n) is 29.6. The summed E-state index contributed by atoms with van der Waals surface area (Å²) in [4.78, 5) is 0. The molecule has 2 aliphatic heterocycles. The Morgan fingerprint density at radius 1 is 0.767 bits per heavy atom. The van der Waals surface area contributed by atoms with Crippen LogP contribution in [0.4, 0.5) is 0 Å². The number of piperidine rings is 2. The van der Waals surface area contributed by atoms with Crippen molar-refractivity contribution in [1.29, 1.82) is 0 Å². The Bertz CT molecular complexity index is 1040. The predicted octanol–water partition coefficient (Wildman–Crippen LogP) is 9.60. The third-order valence-corrected chi connectivity index (χ3v) is 22.7. The lowest BCUT2D eigenvalue weighted by atomic mass is 9.56. The van der Waals surface area contributed by atoms with Gasteiger partial charge in [0.15, 0.2) is 0 Å². The van der Waals surface area contributed by atoms with E-state index in [9.17, 15) is 0 Å². The van der Waals surface area contributed by atoms with Crippen molar-refractivity contribution in [2.24, 2.45) is 29.6 Å². The van der Waals surface area contributed by atoms with E-state index in [-0.39, 0.29) is 13.1 Å². The van der Waals surface area contributed by atoms with Crippen molar-refractivity contribution >= 4 is 33.3 Å². The van der Waals surface area contributed by atoms with E-state index in [4.69, 9.17) is 0 Å². The van der Waals surface area contributed by atoms with E-state index in [2.05, 4.69) is 86.0 Å². The van der Waals surface area contributed by atoms with Crippen molar-refractivity contribution in [3.05, 3.63) is 22.0 Å². The molecule has 0 radical (unpaired) electrons. The Hall–Kier alpha value is 0.694. The number of rotatable bonds is 8. The van der Waals surface area contributed by atoms with Gasteiger partial charge in [-0.2, -0.15) is 0 Å². The minimum absolute atomic E-state index is 0.0874. The minimum atomic E-state index is -1.56. The Morgan fingerprint density at radius 2 is 1.28 bits per heavy atom. The molecule has 2 N–H and O–H groups in total. The summed E-state index contributed by atoms with van der Waals surface area (Å²) in [6, 6.07) is 1.14. The number of allylic oxidation sites excluding steroid dienone is 3. The fourth-order valence-electron chi connectivity index (χ4n) is 11.4. The van der Waals surface area contributed by atoms with Gasteiger partial charge in [0.1, 0.15) is 0 Å². The van der Waals surface area contributed by atoms with Gasteiger partial charge >= 0.3 is 0 Å². The minimum Gasteiger partial charge on any atom is -0.313 e. The van der Waals surface area contributed by atoms with Crippen LogP contribution in [0, 0.1) is 29.6 Å². The second-order valence-electron chi connectivity index (χ2n) is 19.2. The van der Waals surface area contributed by atoms with Gasteiger partial charge in [-0.1, -0.05) is 103 Å². The molecule has 0 spiro atoms. The molecule has 2 saturated heterocycles. The molecule has 0 aromatic rings. The van der Waals surface area contributed by atoms with Crippen LogP contribution in [0.25, 0.3) is 0 Å². The monoisotopic (exact) mass is 658 g/mol. The van der Waals surface area contributed by atoms with Gasteiger partial charge < -0.3 is 10.6 Å². The molecule has 5 atom stereocenters. The highest BCUT2D eigenvalue weighted by molar-refractivity contribution is 7.60. The molecule has 7 rings (SSSR count). The van der Waals surface area contributed by atoms with Gasteiger partial charge in [-0.05, 0) is 112 Å². The van der Waals surface area contributed by atoms with Gasteiger partial charge in [0.05, 0.1) is 16.1 Å². The zero-order chi connectivity index (χ0) is 30.9. The fraction of sp³-hybridized carbons (Fsp3) is 0.892. The highest BCUT2D eigenvalue weighted by atomic mass is 31.1. The maximum atomic E-state index is 4.16. The van der Waals surface area contributed by atoms with Crippen LogP contribution < -0.4 is 10.6 Å². The van der Waals surface area contributed by atoms with Crippen molar-refractivity contribution in [1.82, 2.24) is 10.6 Å². The summed E-state index contributed by atoms with van der Waals surface area (Å²) in [6.07, 6.45) is 20.4. The second kappa shape index (κ2) is 12.3. The summed E-state index contributed by atoms with van der Waals surface area (Å²) in [6.45, 7) is 26.5. The fourth-order valence-corrected chi connectivity index (χ4v) is 22.4. The normalized spacial score (nSPS) is 39.2. The molecule has 43 heavy (non-hydrogen) atoms. The van der Waals surface area contributed by atoms with Crippen molar-refractivity contribution in [2.75, 3.05) is 19.3 Å². The lowest BCUT2D eigenvalue weighted by molar-refractivity contribution is 0.0242. The molecule has 2 heterocycles. The Balaban J connectivity index is 1.47. The Kier molecular flexibility index (Phi) is 9.60. The Labute approximate surface area is 272 Å². The first-order valence-electron chi connectivity index (χ1n) is 18.6. The van der Waals surface area contributed by atoms with Crippen molar-refractivity contribution in [3.63, 3.8) is 0 Å². The van der Waals surface area contributed by atoms with Crippen LogP contribution in [0.2, 0.25) is 39.3 Å². The smallest absolute Gasteiger partial charge is 0.0770 e. The van der Waals surface area contributed by atoms with Crippen LogP contribution in [-0.4, -0.2) is 63.5 Å². The van der Waals surface area contributed by atoms with Crippen molar-refractivity contribution in [3.8, 4) is 0 Å². The summed E-state index contributed by atoms with van der Waals surface area (Å²) in [7, 11) is 0.480. The van der Waals surface area contributed by atoms with Gasteiger partial charge in [0.25, 0.3) is 0 Å². The molecular weight excluding hydrogens is 591 g/mol. The highest BCUT2D eigenvalue weighted by Gasteiger charge is 2.56. The van der Waals surface area contributed by atoms with Crippen LogP contribution in [0.15, 0.2) is 22.0 Å². The first-order valence-corrected chi connectivity index (χ1v) is 27.8. The highest BCUT2D eigenvalue weighted by Crippen LogP contribution is 2.69. The number of hydrogen-bond donors (Lipinski definition) is 2. The van der Waals surface area contributed by atoms with Crippen LogP contribution >= 0.6 is 17.2 Å². The van der Waals surface area contributed by atoms with Gasteiger partial charge in [-0.25, -0.2) is 0 Å². The molecule has 6 fully saturated rings. The first kappa shape index (κ1) is 33.6. The molecular formula is C37H68N2P2Si2. The van der Waals surface area contributed by atoms with E-state index in [0.29, 0.717) is 23.2 Å². The van der Waals surface area contributed by atoms with Crippen LogP contribution in [-0.2, 0) is 0 Å². The molecule has 0 aromatic heterocycles. The third-order valence-electron chi connectivity index (χ3n) is 13.0.